The van der Waals surface area contributed by atoms with Crippen LogP contribution in [-0.2, 0) is 11.2 Å². The molecule has 0 unspecified atom stereocenters. The third-order valence-corrected chi connectivity index (χ3v) is 5.56. The van der Waals surface area contributed by atoms with E-state index in [1.165, 1.54) is 11.3 Å². The number of thiazole rings is 1. The molecule has 2 aromatic carbocycles. The molecule has 1 amide bonds. The third-order valence-electron chi connectivity index (χ3n) is 4.67. The Morgan fingerprint density at radius 3 is 2.63 bits per heavy atom. The van der Waals surface area contributed by atoms with Crippen molar-refractivity contribution in [2.75, 3.05) is 26.6 Å². The van der Waals surface area contributed by atoms with E-state index in [9.17, 15) is 4.79 Å². The van der Waals surface area contributed by atoms with Crippen LogP contribution in [0.15, 0.2) is 54.0 Å². The summed E-state index contributed by atoms with van der Waals surface area (Å²) >= 11 is 1.50. The van der Waals surface area contributed by atoms with E-state index in [0.29, 0.717) is 17.2 Å². The van der Waals surface area contributed by atoms with Gasteiger partial charge >= 0.3 is 0 Å². The molecule has 0 saturated heterocycles. The summed E-state index contributed by atoms with van der Waals surface area (Å²) in [5.74, 6) is 1.83. The maximum atomic E-state index is 12.7. The van der Waals surface area contributed by atoms with E-state index in [1.807, 2.05) is 40.2 Å². The summed E-state index contributed by atoms with van der Waals surface area (Å²) < 4.78 is 17.8. The highest BCUT2D eigenvalue weighted by Crippen LogP contribution is 2.30. The number of benzene rings is 2. The van der Waals surface area contributed by atoms with Crippen LogP contribution in [0.5, 0.6) is 17.2 Å². The number of methoxy groups -OCH3 is 3. The van der Waals surface area contributed by atoms with Gasteiger partial charge in [-0.3, -0.25) is 9.20 Å². The fourth-order valence-corrected chi connectivity index (χ4v) is 4.02. The first kappa shape index (κ1) is 19.8. The fourth-order valence-electron chi connectivity index (χ4n) is 3.15. The van der Waals surface area contributed by atoms with Crippen LogP contribution in [0.2, 0.25) is 0 Å². The minimum absolute atomic E-state index is 0.155. The topological polar surface area (TPSA) is 74.1 Å². The molecule has 0 radical (unpaired) electrons. The molecule has 0 bridgehead atoms. The van der Waals surface area contributed by atoms with E-state index in [0.717, 1.165) is 27.7 Å². The second-order valence-electron chi connectivity index (χ2n) is 6.53. The van der Waals surface area contributed by atoms with Crippen molar-refractivity contribution >= 4 is 27.9 Å². The van der Waals surface area contributed by atoms with Crippen LogP contribution in [0, 0.1) is 0 Å². The Kier molecular flexibility index (Phi) is 5.58. The van der Waals surface area contributed by atoms with Crippen molar-refractivity contribution in [2.45, 2.75) is 6.42 Å². The number of nitrogens with one attached hydrogen (secondary N) is 1. The van der Waals surface area contributed by atoms with Gasteiger partial charge < -0.3 is 19.5 Å². The predicted molar refractivity (Wildman–Crippen MR) is 117 cm³/mol. The van der Waals surface area contributed by atoms with E-state index >= 15 is 0 Å². The highest BCUT2D eigenvalue weighted by atomic mass is 32.1. The molecular weight excluding hydrogens is 402 g/mol. The second kappa shape index (κ2) is 8.46. The molecule has 7 nitrogen and oxygen atoms in total. The maximum absolute atomic E-state index is 12.7. The van der Waals surface area contributed by atoms with E-state index < -0.39 is 0 Å². The van der Waals surface area contributed by atoms with Gasteiger partial charge in [-0.15, -0.1) is 11.3 Å². The monoisotopic (exact) mass is 423 g/mol. The number of ether oxygens (including phenoxy) is 3. The first-order valence-corrected chi connectivity index (χ1v) is 10.1. The lowest BCUT2D eigenvalue weighted by atomic mass is 10.1. The minimum Gasteiger partial charge on any atom is -0.497 e. The fraction of sp³-hybridized carbons (Fsp3) is 0.182. The lowest BCUT2D eigenvalue weighted by molar-refractivity contribution is -0.115. The lowest BCUT2D eigenvalue weighted by Gasteiger charge is -2.11. The number of imidazole rings is 1. The number of aromatic nitrogens is 2. The van der Waals surface area contributed by atoms with Gasteiger partial charge in [0, 0.05) is 28.9 Å². The molecule has 0 atom stereocenters. The van der Waals surface area contributed by atoms with Gasteiger partial charge in [-0.05, 0) is 24.3 Å². The Hall–Kier alpha value is -3.52. The largest absolute Gasteiger partial charge is 0.497 e. The number of fused-ring (bicyclic) bond motifs is 1. The zero-order chi connectivity index (χ0) is 21.1. The van der Waals surface area contributed by atoms with E-state index in [-0.39, 0.29) is 12.3 Å². The summed E-state index contributed by atoms with van der Waals surface area (Å²) in [6, 6.07) is 13.0. The van der Waals surface area contributed by atoms with Gasteiger partial charge in [0.15, 0.2) is 4.96 Å². The van der Waals surface area contributed by atoms with Crippen LogP contribution in [0.4, 0.5) is 5.69 Å². The SMILES string of the molecule is COc1cccc(-c2cn3c(CC(=O)Nc4cc(OC)ccc4OC)csc3n2)c1. The van der Waals surface area contributed by atoms with Crippen molar-refractivity contribution in [1.29, 1.82) is 0 Å². The molecule has 8 heteroatoms. The molecule has 2 heterocycles. The Labute approximate surface area is 177 Å². The van der Waals surface area contributed by atoms with Crippen molar-refractivity contribution in [2.24, 2.45) is 0 Å². The average molecular weight is 423 g/mol. The van der Waals surface area contributed by atoms with Crippen LogP contribution < -0.4 is 19.5 Å². The molecule has 0 aliphatic carbocycles. The Morgan fingerprint density at radius 2 is 1.87 bits per heavy atom. The van der Waals surface area contributed by atoms with Gasteiger partial charge in [0.25, 0.3) is 0 Å². The van der Waals surface area contributed by atoms with Crippen LogP contribution in [0.1, 0.15) is 5.69 Å². The quantitative estimate of drug-likeness (QED) is 0.481. The smallest absolute Gasteiger partial charge is 0.230 e. The molecule has 0 fully saturated rings. The van der Waals surface area contributed by atoms with Crippen LogP contribution in [0.25, 0.3) is 16.2 Å². The van der Waals surface area contributed by atoms with Crippen molar-refractivity contribution < 1.29 is 19.0 Å². The number of hydrogen-bond acceptors (Lipinski definition) is 6. The molecule has 154 valence electrons. The van der Waals surface area contributed by atoms with Crippen LogP contribution in [-0.4, -0.2) is 36.6 Å². The Morgan fingerprint density at radius 1 is 1.07 bits per heavy atom. The second-order valence-corrected chi connectivity index (χ2v) is 7.37. The summed E-state index contributed by atoms with van der Waals surface area (Å²) in [5.41, 5.74) is 3.21. The summed E-state index contributed by atoms with van der Waals surface area (Å²) in [6.45, 7) is 0. The minimum atomic E-state index is -0.155. The number of carbonyl (C=O) groups is 1. The highest BCUT2D eigenvalue weighted by Gasteiger charge is 2.15. The molecule has 4 aromatic rings. The normalized spacial score (nSPS) is 10.8. The Balaban J connectivity index is 1.56. The molecule has 0 aliphatic rings. The maximum Gasteiger partial charge on any atom is 0.230 e. The third kappa shape index (κ3) is 3.95. The van der Waals surface area contributed by atoms with Gasteiger partial charge in [0.1, 0.15) is 17.2 Å². The standard InChI is InChI=1S/C22H21N3O4S/c1-27-16-6-4-5-14(9-16)19-12-25-15(13-30-22(25)24-19)10-21(26)23-18-11-17(28-2)7-8-20(18)29-3/h4-9,11-13H,10H2,1-3H3,(H,23,26). The van der Waals surface area contributed by atoms with Crippen molar-refractivity contribution in [3.05, 3.63) is 59.7 Å². The zero-order valence-corrected chi connectivity index (χ0v) is 17.7. The molecular formula is C22H21N3O4S. The number of amides is 1. The van der Waals surface area contributed by atoms with Gasteiger partial charge in [-0.1, -0.05) is 12.1 Å². The summed E-state index contributed by atoms with van der Waals surface area (Å²) in [4.78, 5) is 18.2. The number of carbonyl (C=O) groups excluding carboxylic acids is 1. The summed E-state index contributed by atoms with van der Waals surface area (Å²) in [6.07, 6.45) is 2.14. The van der Waals surface area contributed by atoms with E-state index in [4.69, 9.17) is 14.2 Å². The van der Waals surface area contributed by atoms with E-state index in [2.05, 4.69) is 10.3 Å². The zero-order valence-electron chi connectivity index (χ0n) is 16.8. The first-order valence-electron chi connectivity index (χ1n) is 9.23. The average Bonchev–Trinajstić information content (AvgIpc) is 3.35. The van der Waals surface area contributed by atoms with Gasteiger partial charge in [0.05, 0.1) is 39.1 Å². The number of rotatable bonds is 7. The number of hydrogen-bond donors (Lipinski definition) is 1. The van der Waals surface area contributed by atoms with Crippen molar-refractivity contribution in [1.82, 2.24) is 9.38 Å². The van der Waals surface area contributed by atoms with Crippen molar-refractivity contribution in [3.63, 3.8) is 0 Å². The Bertz CT molecular complexity index is 1200. The van der Waals surface area contributed by atoms with Crippen LogP contribution in [0.3, 0.4) is 0 Å². The molecule has 30 heavy (non-hydrogen) atoms. The van der Waals surface area contributed by atoms with Crippen LogP contribution >= 0.6 is 11.3 Å². The summed E-state index contributed by atoms with van der Waals surface area (Å²) in [7, 11) is 4.78. The molecule has 0 aliphatic heterocycles. The van der Waals surface area contributed by atoms with Crippen molar-refractivity contribution in [3.8, 4) is 28.5 Å². The molecule has 4 rings (SSSR count). The first-order chi connectivity index (χ1) is 14.6. The molecule has 0 saturated carbocycles. The highest BCUT2D eigenvalue weighted by molar-refractivity contribution is 7.15. The van der Waals surface area contributed by atoms with E-state index in [1.54, 1.807) is 39.5 Å². The van der Waals surface area contributed by atoms with Gasteiger partial charge in [-0.25, -0.2) is 4.98 Å². The lowest BCUT2D eigenvalue weighted by Crippen LogP contribution is -2.16. The molecule has 0 spiro atoms. The van der Waals surface area contributed by atoms with Gasteiger partial charge in [0.2, 0.25) is 5.91 Å². The predicted octanol–water partition coefficient (Wildman–Crippen LogP) is 4.27. The number of anilines is 1. The van der Waals surface area contributed by atoms with Gasteiger partial charge in [-0.2, -0.15) is 0 Å². The molecule has 1 N–H and O–H groups in total. The summed E-state index contributed by atoms with van der Waals surface area (Å²) in [5, 5.41) is 4.85. The number of nitrogens with zero attached hydrogens (tertiary/aromatic N) is 2. The molecule has 2 aromatic heterocycles.